The fraction of sp³-hybridized carbons (Fsp3) is 0.891. The highest BCUT2D eigenvalue weighted by atomic mass is 31.2. The lowest BCUT2D eigenvalue weighted by Gasteiger charge is -2.29. The minimum Gasteiger partial charge on any atom is -0.756 e. The number of carbonyl (C=O) groups is 1. The number of nitrogens with zero attached hydrogens (tertiary/aromatic N) is 1. The molecule has 0 heterocycles. The van der Waals surface area contributed by atoms with Crippen molar-refractivity contribution in [2.24, 2.45) is 0 Å². The largest absolute Gasteiger partial charge is 0.756 e. The zero-order valence-electron chi connectivity index (χ0n) is 49.4. The van der Waals surface area contributed by atoms with Crippen LogP contribution in [0.5, 0.6) is 0 Å². The minimum atomic E-state index is -4.61. The van der Waals surface area contributed by atoms with Gasteiger partial charge < -0.3 is 28.8 Å². The first-order chi connectivity index (χ1) is 35.5. The van der Waals surface area contributed by atoms with Crippen LogP contribution in [0.15, 0.2) is 36.5 Å². The van der Waals surface area contributed by atoms with E-state index in [0.29, 0.717) is 17.4 Å². The van der Waals surface area contributed by atoms with E-state index in [1.54, 1.807) is 6.08 Å². The van der Waals surface area contributed by atoms with Gasteiger partial charge in [0.1, 0.15) is 13.2 Å². The van der Waals surface area contributed by atoms with Gasteiger partial charge in [-0.05, 0) is 57.8 Å². The number of allylic oxidation sites excluding steroid dienone is 5. The van der Waals surface area contributed by atoms with Crippen LogP contribution in [-0.2, 0) is 18.4 Å². The summed E-state index contributed by atoms with van der Waals surface area (Å²) in [5.74, 6) is -0.202. The van der Waals surface area contributed by atoms with Gasteiger partial charge in [-0.15, -0.1) is 0 Å². The number of phosphoric acid groups is 1. The second-order valence-electron chi connectivity index (χ2n) is 23.1. The Morgan fingerprint density at radius 2 is 0.767 bits per heavy atom. The van der Waals surface area contributed by atoms with Crippen LogP contribution < -0.4 is 10.2 Å². The van der Waals surface area contributed by atoms with Crippen LogP contribution in [0.2, 0.25) is 0 Å². The van der Waals surface area contributed by atoms with Crippen LogP contribution in [-0.4, -0.2) is 68.5 Å². The highest BCUT2D eigenvalue weighted by molar-refractivity contribution is 7.45. The Morgan fingerprint density at radius 1 is 0.466 bits per heavy atom. The average molecular weight is 1050 g/mol. The topological polar surface area (TPSA) is 108 Å². The molecule has 0 aromatic heterocycles. The molecule has 8 nitrogen and oxygen atoms in total. The van der Waals surface area contributed by atoms with Gasteiger partial charge >= 0.3 is 0 Å². The smallest absolute Gasteiger partial charge is 0.268 e. The quantitative estimate of drug-likeness (QED) is 0.0272. The van der Waals surface area contributed by atoms with Crippen molar-refractivity contribution in [3.63, 3.8) is 0 Å². The Balaban J connectivity index is 4.16. The van der Waals surface area contributed by atoms with Crippen molar-refractivity contribution in [2.75, 3.05) is 40.9 Å². The predicted molar refractivity (Wildman–Crippen MR) is 316 cm³/mol. The molecule has 2 N–H and O–H groups in total. The fourth-order valence-electron chi connectivity index (χ4n) is 9.58. The number of unbranched alkanes of at least 4 members (excludes halogenated alkanes) is 42. The highest BCUT2D eigenvalue weighted by Crippen LogP contribution is 2.38. The maximum Gasteiger partial charge on any atom is 0.268 e. The maximum atomic E-state index is 13.0. The Morgan fingerprint density at radius 3 is 1.11 bits per heavy atom. The van der Waals surface area contributed by atoms with Crippen molar-refractivity contribution < 1.29 is 32.9 Å². The molecule has 73 heavy (non-hydrogen) atoms. The van der Waals surface area contributed by atoms with Gasteiger partial charge in [-0.2, -0.15) is 0 Å². The number of aliphatic hydroxyl groups is 1. The van der Waals surface area contributed by atoms with Crippen LogP contribution in [0, 0.1) is 0 Å². The summed E-state index contributed by atoms with van der Waals surface area (Å²) in [7, 11) is 1.26. The molecule has 432 valence electrons. The lowest BCUT2D eigenvalue weighted by molar-refractivity contribution is -0.870. The molecular formula is C64H125N2O6P. The van der Waals surface area contributed by atoms with Gasteiger partial charge in [-0.1, -0.05) is 288 Å². The number of quaternary nitrogens is 1. The summed E-state index contributed by atoms with van der Waals surface area (Å²) >= 11 is 0. The molecule has 1 amide bonds. The molecule has 0 aliphatic heterocycles. The number of phosphoric ester groups is 1. The summed E-state index contributed by atoms with van der Waals surface area (Å²) in [6, 6.07) is -0.903. The molecule has 0 rings (SSSR count). The van der Waals surface area contributed by atoms with Crippen LogP contribution in [0.25, 0.3) is 0 Å². The van der Waals surface area contributed by atoms with Crippen molar-refractivity contribution in [1.82, 2.24) is 5.32 Å². The Bertz CT molecular complexity index is 1280. The third-order valence-electron chi connectivity index (χ3n) is 14.6. The lowest BCUT2D eigenvalue weighted by Crippen LogP contribution is -2.45. The van der Waals surface area contributed by atoms with Crippen LogP contribution >= 0.6 is 7.82 Å². The second kappa shape index (κ2) is 55.5. The van der Waals surface area contributed by atoms with Gasteiger partial charge in [-0.25, -0.2) is 0 Å². The molecule has 0 aliphatic carbocycles. The highest BCUT2D eigenvalue weighted by Gasteiger charge is 2.23. The van der Waals surface area contributed by atoms with Gasteiger partial charge in [0, 0.05) is 6.42 Å². The number of rotatable bonds is 59. The second-order valence-corrected chi connectivity index (χ2v) is 24.5. The van der Waals surface area contributed by atoms with Gasteiger partial charge in [0.2, 0.25) is 5.91 Å². The Hall–Kier alpha value is -1.28. The van der Waals surface area contributed by atoms with Gasteiger partial charge in [0.05, 0.1) is 39.9 Å². The average Bonchev–Trinajstić information content (AvgIpc) is 3.35. The number of likely N-dealkylation sites (N-methyl/N-ethyl adjacent to an activating group) is 1. The van der Waals surface area contributed by atoms with Crippen molar-refractivity contribution >= 4 is 13.7 Å². The standard InChI is InChI=1S/C64H125N2O6P/c1-6-8-10-12-14-16-18-20-22-24-26-28-30-32-33-34-36-38-40-42-44-46-48-50-52-54-56-58-64(68)65-62(61-72-73(69,70)71-60-59-66(3,4)5)63(67)57-55-53-51-49-47-45-43-41-39-37-35-31-29-27-25-23-21-19-17-15-13-11-9-7-2/h24,26,47,49,55,57,62-63,67H,6-23,25,27-46,48,50-54,56,58-61H2,1-5H3,(H-,65,68,69,70)/b26-24-,49-47+,57-55+. The van der Waals surface area contributed by atoms with Crippen molar-refractivity contribution in [3.05, 3.63) is 36.5 Å². The summed E-state index contributed by atoms with van der Waals surface area (Å²) in [6.07, 6.45) is 72.5. The summed E-state index contributed by atoms with van der Waals surface area (Å²) in [5.41, 5.74) is 0. The molecule has 0 saturated carbocycles. The number of carbonyl (C=O) groups excluding carboxylic acids is 1. The van der Waals surface area contributed by atoms with E-state index in [1.165, 1.54) is 257 Å². The first kappa shape index (κ1) is 71.7. The predicted octanol–water partition coefficient (Wildman–Crippen LogP) is 19.1. The third-order valence-corrected chi connectivity index (χ3v) is 15.5. The van der Waals surface area contributed by atoms with E-state index in [9.17, 15) is 19.4 Å². The summed E-state index contributed by atoms with van der Waals surface area (Å²) in [5, 5.41) is 13.9. The molecule has 0 aliphatic rings. The molecule has 9 heteroatoms. The molecule has 0 bridgehead atoms. The first-order valence-corrected chi connectivity index (χ1v) is 33.3. The number of hydrogen-bond donors (Lipinski definition) is 2. The van der Waals surface area contributed by atoms with E-state index in [2.05, 4.69) is 43.5 Å². The molecule has 3 unspecified atom stereocenters. The van der Waals surface area contributed by atoms with Crippen molar-refractivity contribution in [2.45, 2.75) is 328 Å². The van der Waals surface area contributed by atoms with E-state index in [4.69, 9.17) is 9.05 Å². The maximum absolute atomic E-state index is 13.0. The minimum absolute atomic E-state index is 0.00495. The van der Waals surface area contributed by atoms with E-state index in [-0.39, 0.29) is 19.1 Å². The summed E-state index contributed by atoms with van der Waals surface area (Å²) in [4.78, 5) is 25.6. The zero-order chi connectivity index (χ0) is 53.5. The normalized spacial score (nSPS) is 14.0. The Kier molecular flexibility index (Phi) is 54.5. The third kappa shape index (κ3) is 58.2. The van der Waals surface area contributed by atoms with Crippen LogP contribution in [0.1, 0.15) is 316 Å². The van der Waals surface area contributed by atoms with Crippen molar-refractivity contribution in [3.8, 4) is 0 Å². The van der Waals surface area contributed by atoms with Crippen LogP contribution in [0.4, 0.5) is 0 Å². The molecule has 3 atom stereocenters. The summed E-state index contributed by atoms with van der Waals surface area (Å²) in [6.45, 7) is 4.68. The molecular weight excluding hydrogens is 924 g/mol. The number of hydrogen-bond acceptors (Lipinski definition) is 6. The molecule has 0 fully saturated rings. The van der Waals surface area contributed by atoms with Gasteiger partial charge in [0.25, 0.3) is 7.82 Å². The Labute approximate surface area is 455 Å². The number of aliphatic hydroxyl groups excluding tert-OH is 1. The van der Waals surface area contributed by atoms with Gasteiger partial charge in [-0.3, -0.25) is 9.36 Å². The number of nitrogens with one attached hydrogen (secondary N) is 1. The monoisotopic (exact) mass is 1050 g/mol. The SMILES string of the molecule is CCCCCCCCCC/C=C\CCCCCCCCCCCCCCCCCC(=O)NC(COP(=O)([O-])OCC[N+](C)(C)C)C(O)/C=C/CC/C=C/CCCCCCCCCCCCCCCCCCCC. The molecule has 0 aromatic carbocycles. The zero-order valence-corrected chi connectivity index (χ0v) is 50.3. The molecule has 0 saturated heterocycles. The fourth-order valence-corrected chi connectivity index (χ4v) is 10.3. The molecule has 0 aromatic rings. The molecule has 0 spiro atoms. The lowest BCUT2D eigenvalue weighted by atomic mass is 10.0. The van der Waals surface area contributed by atoms with E-state index in [0.717, 1.165) is 38.5 Å². The van der Waals surface area contributed by atoms with E-state index >= 15 is 0 Å². The summed E-state index contributed by atoms with van der Waals surface area (Å²) < 4.78 is 23.4. The van der Waals surface area contributed by atoms with Gasteiger partial charge in [0.15, 0.2) is 0 Å². The van der Waals surface area contributed by atoms with E-state index in [1.807, 2.05) is 27.2 Å². The number of amides is 1. The first-order valence-electron chi connectivity index (χ1n) is 31.9. The van der Waals surface area contributed by atoms with E-state index < -0.39 is 20.0 Å². The molecule has 0 radical (unpaired) electrons. The van der Waals surface area contributed by atoms with Crippen molar-refractivity contribution in [1.29, 1.82) is 0 Å². The van der Waals surface area contributed by atoms with Crippen LogP contribution in [0.3, 0.4) is 0 Å².